The van der Waals surface area contributed by atoms with E-state index >= 15 is 0 Å². The van der Waals surface area contributed by atoms with Crippen LogP contribution in [0.5, 0.6) is 0 Å². The second-order valence-electron chi connectivity index (χ2n) is 19.8. The van der Waals surface area contributed by atoms with E-state index in [0.29, 0.717) is 0 Å². The molecule has 0 amide bonds. The molecule has 0 aliphatic heterocycles. The van der Waals surface area contributed by atoms with Crippen molar-refractivity contribution in [3.05, 3.63) is 167 Å². The largest absolute Gasteiger partial charge is 0.289 e. The summed E-state index contributed by atoms with van der Waals surface area (Å²) in [6.45, 7) is 24.8. The van der Waals surface area contributed by atoms with Crippen LogP contribution < -0.4 is 0 Å². The summed E-state index contributed by atoms with van der Waals surface area (Å²) in [6.07, 6.45) is 11.3. The molecule has 0 bridgehead atoms. The van der Waals surface area contributed by atoms with E-state index in [1.54, 1.807) is 12.4 Å². The Morgan fingerprint density at radius 1 is 0.383 bits per heavy atom. The van der Waals surface area contributed by atoms with E-state index in [4.69, 9.17) is 10.2 Å². The highest BCUT2D eigenvalue weighted by molar-refractivity contribution is 6.12. The van der Waals surface area contributed by atoms with Crippen LogP contribution in [0.4, 0.5) is 11.4 Å². The maximum atomic E-state index is 13.5. The van der Waals surface area contributed by atoms with Gasteiger partial charge in [-0.2, -0.15) is 20.5 Å². The van der Waals surface area contributed by atoms with Crippen molar-refractivity contribution in [3.63, 3.8) is 0 Å². The number of azo groups is 2. The van der Waals surface area contributed by atoms with E-state index in [-0.39, 0.29) is 33.2 Å². The minimum atomic E-state index is -0.312. The topological polar surface area (TPSA) is 83.6 Å². The summed E-state index contributed by atoms with van der Waals surface area (Å²) >= 11 is 0. The molecule has 0 fully saturated rings. The molecule has 0 radical (unpaired) electrons. The first-order valence-corrected chi connectivity index (χ1v) is 20.7. The number of carbonyl (C=O) groups is 2. The summed E-state index contributed by atoms with van der Waals surface area (Å²) in [5.74, 6) is 0.180. The van der Waals surface area contributed by atoms with Crippen LogP contribution in [-0.2, 0) is 9.59 Å². The molecule has 0 N–H and O–H groups in total. The van der Waals surface area contributed by atoms with Gasteiger partial charge in [-0.3, -0.25) is 9.59 Å². The standard InChI is InChI=1S/C54H58N4O2/c1-51(2,3)43-27-35(28-44(49(43)59)52(4,5)6)33-55-57-47-25-23-39(31-41(47)37-19-15-13-16-20-37)40-24-26-48(42(32-40)38-21-17-14-18-22-38)58-56-34-36-29-45(53(7,8)9)50(60)46(30-36)54(10,11)12/h13-34H,1-12H3/b57-55+,58-56+. The Kier molecular flexibility index (Phi) is 12.2. The van der Waals surface area contributed by atoms with Gasteiger partial charge < -0.3 is 0 Å². The van der Waals surface area contributed by atoms with Gasteiger partial charge in [0.25, 0.3) is 0 Å². The van der Waals surface area contributed by atoms with Gasteiger partial charge in [0.05, 0.1) is 23.8 Å². The van der Waals surface area contributed by atoms with Gasteiger partial charge in [-0.15, -0.1) is 0 Å². The maximum Gasteiger partial charge on any atom is 0.186 e. The van der Waals surface area contributed by atoms with Gasteiger partial charge in [0.15, 0.2) is 11.6 Å². The quantitative estimate of drug-likeness (QED) is 0.175. The molecule has 0 heterocycles. The zero-order valence-corrected chi connectivity index (χ0v) is 37.3. The third kappa shape index (κ3) is 9.99. The molecular weight excluding hydrogens is 737 g/mol. The molecule has 0 atom stereocenters. The van der Waals surface area contributed by atoms with Crippen molar-refractivity contribution in [2.45, 2.75) is 83.1 Å². The fourth-order valence-corrected chi connectivity index (χ4v) is 7.30. The average Bonchev–Trinajstić information content (AvgIpc) is 3.18. The van der Waals surface area contributed by atoms with E-state index in [1.165, 1.54) is 0 Å². The van der Waals surface area contributed by atoms with Crippen molar-refractivity contribution in [2.24, 2.45) is 42.1 Å². The Balaban J connectivity index is 1.39. The first-order valence-electron chi connectivity index (χ1n) is 20.7. The number of carbonyl (C=O) groups excluding carboxylic acids is 2. The summed E-state index contributed by atoms with van der Waals surface area (Å²) in [4.78, 5) is 27.0. The second-order valence-corrected chi connectivity index (χ2v) is 19.8. The fourth-order valence-electron chi connectivity index (χ4n) is 7.30. The molecule has 6 nitrogen and oxygen atoms in total. The number of hydrogen-bond donors (Lipinski definition) is 0. The minimum absolute atomic E-state index is 0.0901. The third-order valence-electron chi connectivity index (χ3n) is 10.7. The zero-order chi connectivity index (χ0) is 43.6. The lowest BCUT2D eigenvalue weighted by Crippen LogP contribution is -2.27. The highest BCUT2D eigenvalue weighted by Gasteiger charge is 2.35. The predicted molar refractivity (Wildman–Crippen MR) is 248 cm³/mol. The molecule has 0 spiro atoms. The van der Waals surface area contributed by atoms with Crippen LogP contribution in [0.15, 0.2) is 188 Å². The van der Waals surface area contributed by atoms with Gasteiger partial charge >= 0.3 is 0 Å². The number of benzene rings is 4. The molecule has 0 unspecified atom stereocenters. The summed E-state index contributed by atoms with van der Waals surface area (Å²) in [7, 11) is 0. The Morgan fingerprint density at radius 2 is 0.683 bits per heavy atom. The SMILES string of the molecule is CC(C)(C)C1=CC(=C/N=N/c2ccc(-c3ccc(/N=N/C=C4C=C(C(C)(C)C)C(=O)C(C(C)(C)C)=C4)c(-c4ccccc4)c3)cc2-c2ccccc2)C=C(C(C)(C)C)C1=O. The third-order valence-corrected chi connectivity index (χ3v) is 10.7. The Hall–Kier alpha value is -6.14. The molecule has 306 valence electrons. The molecule has 6 heteroatoms. The van der Waals surface area contributed by atoms with Crippen LogP contribution in [0.1, 0.15) is 83.1 Å². The molecule has 4 aromatic rings. The van der Waals surface area contributed by atoms with Gasteiger partial charge in [0.1, 0.15) is 0 Å². The van der Waals surface area contributed by atoms with Gasteiger partial charge in [-0.05, 0) is 104 Å². The molecule has 4 aromatic carbocycles. The molecule has 0 aromatic heterocycles. The lowest BCUT2D eigenvalue weighted by molar-refractivity contribution is -0.114. The van der Waals surface area contributed by atoms with E-state index < -0.39 is 0 Å². The number of Topliss-reactive ketones (excluding diaryl/α,β-unsaturated/α-hetero) is 2. The minimum Gasteiger partial charge on any atom is -0.289 e. The van der Waals surface area contributed by atoms with E-state index in [9.17, 15) is 9.59 Å². The van der Waals surface area contributed by atoms with E-state index in [0.717, 1.165) is 78.2 Å². The van der Waals surface area contributed by atoms with Crippen LogP contribution >= 0.6 is 0 Å². The number of nitrogens with zero attached hydrogens (tertiary/aromatic N) is 4. The molecule has 0 saturated heterocycles. The smallest absolute Gasteiger partial charge is 0.186 e. The Labute approximate surface area is 357 Å². The van der Waals surface area contributed by atoms with Crippen LogP contribution in [0.2, 0.25) is 0 Å². The van der Waals surface area contributed by atoms with Crippen molar-refractivity contribution >= 4 is 22.9 Å². The number of hydrogen-bond acceptors (Lipinski definition) is 6. The lowest BCUT2D eigenvalue weighted by atomic mass is 9.72. The van der Waals surface area contributed by atoms with Gasteiger partial charge in [-0.25, -0.2) is 0 Å². The number of allylic oxidation sites excluding steroid dienone is 10. The van der Waals surface area contributed by atoms with Crippen LogP contribution in [0.3, 0.4) is 0 Å². The molecular formula is C54H58N4O2. The monoisotopic (exact) mass is 794 g/mol. The molecule has 2 aliphatic rings. The second kappa shape index (κ2) is 16.8. The van der Waals surface area contributed by atoms with Crippen molar-refractivity contribution in [1.82, 2.24) is 0 Å². The Morgan fingerprint density at radius 3 is 0.967 bits per heavy atom. The number of rotatable bonds is 7. The van der Waals surface area contributed by atoms with Crippen molar-refractivity contribution < 1.29 is 9.59 Å². The Bertz CT molecular complexity index is 2310. The van der Waals surface area contributed by atoms with Gasteiger partial charge in [0, 0.05) is 33.4 Å². The first kappa shape index (κ1) is 43.4. The van der Waals surface area contributed by atoms with Gasteiger partial charge in [-0.1, -0.05) is 156 Å². The zero-order valence-electron chi connectivity index (χ0n) is 37.3. The molecule has 2 aliphatic carbocycles. The van der Waals surface area contributed by atoms with Gasteiger partial charge in [0.2, 0.25) is 0 Å². The van der Waals surface area contributed by atoms with Crippen LogP contribution in [0.25, 0.3) is 33.4 Å². The predicted octanol–water partition coefficient (Wildman–Crippen LogP) is 15.7. The van der Waals surface area contributed by atoms with Crippen LogP contribution in [0, 0.1) is 21.7 Å². The highest BCUT2D eigenvalue weighted by atomic mass is 16.1. The summed E-state index contributed by atoms with van der Waals surface area (Å²) in [5.41, 5.74) is 10.9. The van der Waals surface area contributed by atoms with Crippen LogP contribution in [-0.4, -0.2) is 11.6 Å². The average molecular weight is 795 g/mol. The summed E-state index contributed by atoms with van der Waals surface area (Å²) in [5, 5.41) is 18.7. The first-order chi connectivity index (χ1) is 28.1. The van der Waals surface area contributed by atoms with Crippen molar-refractivity contribution in [3.8, 4) is 33.4 Å². The van der Waals surface area contributed by atoms with E-state index in [2.05, 4.69) is 142 Å². The highest BCUT2D eigenvalue weighted by Crippen LogP contribution is 2.42. The maximum absolute atomic E-state index is 13.5. The normalized spacial score (nSPS) is 15.6. The van der Waals surface area contributed by atoms with E-state index in [1.807, 2.05) is 72.8 Å². The lowest BCUT2D eigenvalue weighted by Gasteiger charge is -2.31. The fraction of sp³-hybridized carbons (Fsp3) is 0.296. The molecule has 6 rings (SSSR count). The molecule has 60 heavy (non-hydrogen) atoms. The summed E-state index contributed by atoms with van der Waals surface area (Å²) in [6, 6.07) is 32.9. The number of ketones is 2. The summed E-state index contributed by atoms with van der Waals surface area (Å²) < 4.78 is 0. The van der Waals surface area contributed by atoms with Crippen molar-refractivity contribution in [1.29, 1.82) is 0 Å². The van der Waals surface area contributed by atoms with Crippen molar-refractivity contribution in [2.75, 3.05) is 0 Å². The molecule has 0 saturated carbocycles.